The van der Waals surface area contributed by atoms with Crippen molar-refractivity contribution in [3.63, 3.8) is 0 Å². The molecule has 102 valence electrons. The standard InChI is InChI=1S/C15H16N4O/c1-20-14-8-7-12-15(18-14)19(13(17-12)9-10-16)11-5-3-2-4-6-11/h2-8H,9-10,16H2,1H3. The molecule has 0 radical (unpaired) electrons. The number of para-hydroxylation sites is 1. The molecular formula is C15H16N4O. The largest absolute Gasteiger partial charge is 0.481 e. The molecule has 3 rings (SSSR count). The second-order valence-electron chi connectivity index (χ2n) is 4.43. The highest BCUT2D eigenvalue weighted by molar-refractivity contribution is 5.74. The number of hydrogen-bond acceptors (Lipinski definition) is 4. The number of nitrogens with two attached hydrogens (primary N) is 1. The fourth-order valence-corrected chi connectivity index (χ4v) is 2.25. The van der Waals surface area contributed by atoms with Gasteiger partial charge in [-0.3, -0.25) is 4.57 Å². The van der Waals surface area contributed by atoms with Gasteiger partial charge in [0.2, 0.25) is 5.88 Å². The number of methoxy groups -OCH3 is 1. The molecule has 0 unspecified atom stereocenters. The molecule has 0 fully saturated rings. The molecule has 0 spiro atoms. The van der Waals surface area contributed by atoms with Gasteiger partial charge in [0, 0.05) is 18.2 Å². The number of imidazole rings is 1. The molecule has 0 atom stereocenters. The van der Waals surface area contributed by atoms with Crippen LogP contribution in [0.15, 0.2) is 42.5 Å². The Hall–Kier alpha value is -2.40. The van der Waals surface area contributed by atoms with E-state index >= 15 is 0 Å². The highest BCUT2D eigenvalue weighted by atomic mass is 16.5. The Morgan fingerprint density at radius 3 is 2.60 bits per heavy atom. The monoisotopic (exact) mass is 268 g/mol. The molecule has 1 aromatic carbocycles. The second kappa shape index (κ2) is 5.30. The Kier molecular flexibility index (Phi) is 3.35. The molecule has 2 heterocycles. The Morgan fingerprint density at radius 2 is 1.90 bits per heavy atom. The molecule has 0 aliphatic carbocycles. The first kappa shape index (κ1) is 12.6. The molecule has 0 saturated carbocycles. The van der Waals surface area contributed by atoms with Crippen LogP contribution in [0.25, 0.3) is 16.9 Å². The maximum absolute atomic E-state index is 5.69. The van der Waals surface area contributed by atoms with E-state index in [1.54, 1.807) is 7.11 Å². The number of pyridine rings is 1. The van der Waals surface area contributed by atoms with E-state index in [2.05, 4.69) is 9.97 Å². The summed E-state index contributed by atoms with van der Waals surface area (Å²) in [6, 6.07) is 13.8. The number of nitrogens with zero attached hydrogens (tertiary/aromatic N) is 3. The van der Waals surface area contributed by atoms with E-state index in [-0.39, 0.29) is 0 Å². The van der Waals surface area contributed by atoms with Crippen LogP contribution in [0.1, 0.15) is 5.82 Å². The Morgan fingerprint density at radius 1 is 1.10 bits per heavy atom. The van der Waals surface area contributed by atoms with E-state index in [1.165, 1.54) is 0 Å². The van der Waals surface area contributed by atoms with Crippen LogP contribution in [0, 0.1) is 0 Å². The summed E-state index contributed by atoms with van der Waals surface area (Å²) in [4.78, 5) is 9.13. The van der Waals surface area contributed by atoms with E-state index in [9.17, 15) is 0 Å². The van der Waals surface area contributed by atoms with Crippen LogP contribution < -0.4 is 10.5 Å². The van der Waals surface area contributed by atoms with Gasteiger partial charge in [0.15, 0.2) is 5.65 Å². The molecule has 20 heavy (non-hydrogen) atoms. The van der Waals surface area contributed by atoms with Crippen molar-refractivity contribution in [3.05, 3.63) is 48.3 Å². The molecule has 0 aliphatic heterocycles. The molecule has 0 bridgehead atoms. The van der Waals surface area contributed by atoms with Crippen LogP contribution in [0.5, 0.6) is 5.88 Å². The van der Waals surface area contributed by atoms with Crippen LogP contribution in [0.2, 0.25) is 0 Å². The minimum Gasteiger partial charge on any atom is -0.481 e. The number of ether oxygens (including phenoxy) is 1. The third kappa shape index (κ3) is 2.12. The number of benzene rings is 1. The molecule has 5 heteroatoms. The lowest BCUT2D eigenvalue weighted by atomic mass is 10.3. The van der Waals surface area contributed by atoms with Crippen molar-refractivity contribution >= 4 is 11.2 Å². The predicted molar refractivity (Wildman–Crippen MR) is 78.2 cm³/mol. The van der Waals surface area contributed by atoms with Crippen molar-refractivity contribution in [2.45, 2.75) is 6.42 Å². The smallest absolute Gasteiger partial charge is 0.215 e. The van der Waals surface area contributed by atoms with Crippen molar-refractivity contribution in [3.8, 4) is 11.6 Å². The highest BCUT2D eigenvalue weighted by Crippen LogP contribution is 2.22. The van der Waals surface area contributed by atoms with Crippen molar-refractivity contribution in [1.29, 1.82) is 0 Å². The molecule has 0 saturated heterocycles. The fourth-order valence-electron chi connectivity index (χ4n) is 2.25. The molecule has 0 amide bonds. The molecular weight excluding hydrogens is 252 g/mol. The van der Waals surface area contributed by atoms with Gasteiger partial charge in [0.05, 0.1) is 7.11 Å². The summed E-state index contributed by atoms with van der Waals surface area (Å²) in [5, 5.41) is 0. The van der Waals surface area contributed by atoms with E-state index in [0.717, 1.165) is 22.7 Å². The predicted octanol–water partition coefficient (Wildman–Crippen LogP) is 1.93. The zero-order chi connectivity index (χ0) is 13.9. The van der Waals surface area contributed by atoms with E-state index in [4.69, 9.17) is 10.5 Å². The lowest BCUT2D eigenvalue weighted by Crippen LogP contribution is -2.09. The average Bonchev–Trinajstić information content (AvgIpc) is 2.85. The Balaban J connectivity index is 2.27. The van der Waals surface area contributed by atoms with E-state index < -0.39 is 0 Å². The molecule has 3 aromatic rings. The lowest BCUT2D eigenvalue weighted by Gasteiger charge is -2.08. The molecule has 2 aromatic heterocycles. The fraction of sp³-hybridized carbons (Fsp3) is 0.200. The van der Waals surface area contributed by atoms with Crippen LogP contribution in [-0.2, 0) is 6.42 Å². The van der Waals surface area contributed by atoms with Gasteiger partial charge >= 0.3 is 0 Å². The molecule has 5 nitrogen and oxygen atoms in total. The summed E-state index contributed by atoms with van der Waals surface area (Å²) < 4.78 is 7.24. The summed E-state index contributed by atoms with van der Waals surface area (Å²) >= 11 is 0. The first-order valence-electron chi connectivity index (χ1n) is 6.51. The maximum Gasteiger partial charge on any atom is 0.215 e. The lowest BCUT2D eigenvalue weighted by molar-refractivity contribution is 0.399. The normalized spacial score (nSPS) is 10.9. The van der Waals surface area contributed by atoms with Crippen LogP contribution in [-0.4, -0.2) is 28.2 Å². The maximum atomic E-state index is 5.69. The first-order valence-corrected chi connectivity index (χ1v) is 6.51. The number of fused-ring (bicyclic) bond motifs is 1. The van der Waals surface area contributed by atoms with Gasteiger partial charge in [0.25, 0.3) is 0 Å². The number of rotatable bonds is 4. The van der Waals surface area contributed by atoms with Crippen molar-refractivity contribution < 1.29 is 4.74 Å². The zero-order valence-corrected chi connectivity index (χ0v) is 11.3. The molecule has 0 aliphatic rings. The summed E-state index contributed by atoms with van der Waals surface area (Å²) in [6.07, 6.45) is 0.702. The summed E-state index contributed by atoms with van der Waals surface area (Å²) in [7, 11) is 1.61. The number of hydrogen-bond donors (Lipinski definition) is 1. The van der Waals surface area contributed by atoms with Gasteiger partial charge in [-0.25, -0.2) is 4.98 Å². The van der Waals surface area contributed by atoms with E-state index in [1.807, 2.05) is 47.0 Å². The topological polar surface area (TPSA) is 66.0 Å². The van der Waals surface area contributed by atoms with Crippen LogP contribution in [0.4, 0.5) is 0 Å². The quantitative estimate of drug-likeness (QED) is 0.785. The minimum absolute atomic E-state index is 0.549. The minimum atomic E-state index is 0.549. The Labute approximate surface area is 117 Å². The van der Waals surface area contributed by atoms with Gasteiger partial charge in [-0.05, 0) is 24.7 Å². The van der Waals surface area contributed by atoms with Crippen molar-refractivity contribution in [1.82, 2.24) is 14.5 Å². The molecule has 2 N–H and O–H groups in total. The second-order valence-corrected chi connectivity index (χ2v) is 4.43. The van der Waals surface area contributed by atoms with Crippen LogP contribution >= 0.6 is 0 Å². The van der Waals surface area contributed by atoms with E-state index in [0.29, 0.717) is 18.8 Å². The SMILES string of the molecule is COc1ccc2nc(CCN)n(-c3ccccc3)c2n1. The van der Waals surface area contributed by atoms with Crippen LogP contribution in [0.3, 0.4) is 0 Å². The third-order valence-electron chi connectivity index (χ3n) is 3.14. The zero-order valence-electron chi connectivity index (χ0n) is 11.3. The van der Waals surface area contributed by atoms with Crippen molar-refractivity contribution in [2.75, 3.05) is 13.7 Å². The van der Waals surface area contributed by atoms with Crippen molar-refractivity contribution in [2.24, 2.45) is 5.73 Å². The number of aromatic nitrogens is 3. The van der Waals surface area contributed by atoms with Gasteiger partial charge in [-0.15, -0.1) is 0 Å². The third-order valence-corrected chi connectivity index (χ3v) is 3.14. The van der Waals surface area contributed by atoms with Gasteiger partial charge in [0.1, 0.15) is 11.3 Å². The van der Waals surface area contributed by atoms with Gasteiger partial charge in [-0.2, -0.15) is 4.98 Å². The first-order chi connectivity index (χ1) is 9.83. The summed E-state index contributed by atoms with van der Waals surface area (Å²) in [6.45, 7) is 0.549. The summed E-state index contributed by atoms with van der Waals surface area (Å²) in [5.74, 6) is 1.49. The van der Waals surface area contributed by atoms with Gasteiger partial charge in [-0.1, -0.05) is 18.2 Å². The highest BCUT2D eigenvalue weighted by Gasteiger charge is 2.13. The van der Waals surface area contributed by atoms with Gasteiger partial charge < -0.3 is 10.5 Å². The Bertz CT molecular complexity index is 721. The average molecular weight is 268 g/mol. The summed E-state index contributed by atoms with van der Waals surface area (Å²) in [5.41, 5.74) is 8.35.